The van der Waals surface area contributed by atoms with Gasteiger partial charge >= 0.3 is 0 Å². The molecular formula is C24H28Cl3N3. The zero-order chi connectivity index (χ0) is 21.1. The Hall–Kier alpha value is -1.23. The average molecular weight is 465 g/mol. The van der Waals surface area contributed by atoms with Crippen molar-refractivity contribution in [2.45, 2.75) is 38.3 Å². The van der Waals surface area contributed by atoms with Crippen LogP contribution in [0.15, 0.2) is 42.5 Å². The second-order valence-corrected chi connectivity index (χ2v) is 9.45. The molecule has 0 bridgehead atoms. The van der Waals surface area contributed by atoms with Crippen molar-refractivity contribution in [3.05, 3.63) is 68.7 Å². The van der Waals surface area contributed by atoms with Crippen LogP contribution < -0.4 is 10.6 Å². The van der Waals surface area contributed by atoms with Gasteiger partial charge in [-0.15, -0.1) is 0 Å². The number of nitrogens with zero attached hydrogens (tertiary/aromatic N) is 1. The molecule has 3 nitrogen and oxygen atoms in total. The summed E-state index contributed by atoms with van der Waals surface area (Å²) in [7, 11) is 0. The van der Waals surface area contributed by atoms with Gasteiger partial charge in [-0.2, -0.15) is 0 Å². The van der Waals surface area contributed by atoms with Crippen molar-refractivity contribution in [2.75, 3.05) is 31.5 Å². The van der Waals surface area contributed by atoms with E-state index < -0.39 is 0 Å². The quantitative estimate of drug-likeness (QED) is 0.518. The second-order valence-electron chi connectivity index (χ2n) is 8.20. The summed E-state index contributed by atoms with van der Waals surface area (Å²) >= 11 is 18.9. The fourth-order valence-electron chi connectivity index (χ4n) is 4.42. The van der Waals surface area contributed by atoms with E-state index in [1.54, 1.807) is 6.07 Å². The summed E-state index contributed by atoms with van der Waals surface area (Å²) in [5.74, 6) is 0. The predicted octanol–water partition coefficient (Wildman–Crippen LogP) is 6.66. The van der Waals surface area contributed by atoms with Gasteiger partial charge in [-0.1, -0.05) is 53.0 Å². The molecule has 2 atom stereocenters. The van der Waals surface area contributed by atoms with E-state index in [0.29, 0.717) is 21.1 Å². The summed E-state index contributed by atoms with van der Waals surface area (Å²) < 4.78 is 0. The lowest BCUT2D eigenvalue weighted by Gasteiger charge is -2.36. The highest BCUT2D eigenvalue weighted by Crippen LogP contribution is 2.34. The van der Waals surface area contributed by atoms with Gasteiger partial charge in [0.15, 0.2) is 0 Å². The van der Waals surface area contributed by atoms with Gasteiger partial charge < -0.3 is 10.6 Å². The lowest BCUT2D eigenvalue weighted by atomic mass is 9.96. The molecule has 2 aromatic rings. The molecule has 6 heteroatoms. The molecule has 1 unspecified atom stereocenters. The number of hydrogen-bond donors (Lipinski definition) is 2. The number of piperidine rings is 1. The highest BCUT2D eigenvalue weighted by molar-refractivity contribution is 6.35. The number of hydrogen-bond acceptors (Lipinski definition) is 3. The molecule has 0 amide bonds. The first-order valence-electron chi connectivity index (χ1n) is 10.7. The largest absolute Gasteiger partial charge is 0.377 e. The Kier molecular flexibility index (Phi) is 7.28. The Morgan fingerprint density at radius 1 is 1.10 bits per heavy atom. The number of benzene rings is 2. The van der Waals surface area contributed by atoms with Crippen LogP contribution in [0.4, 0.5) is 5.69 Å². The average Bonchev–Trinajstić information content (AvgIpc) is 2.76. The van der Waals surface area contributed by atoms with E-state index in [1.807, 2.05) is 18.2 Å². The third kappa shape index (κ3) is 5.15. The molecule has 2 N–H and O–H groups in total. The molecule has 0 saturated carbocycles. The van der Waals surface area contributed by atoms with Gasteiger partial charge in [0.25, 0.3) is 0 Å². The highest BCUT2D eigenvalue weighted by Gasteiger charge is 2.23. The van der Waals surface area contributed by atoms with E-state index in [2.05, 4.69) is 40.7 Å². The van der Waals surface area contributed by atoms with E-state index >= 15 is 0 Å². The molecule has 4 rings (SSSR count). The molecule has 2 aliphatic heterocycles. The van der Waals surface area contributed by atoms with Crippen LogP contribution >= 0.6 is 34.8 Å². The molecule has 2 aromatic carbocycles. The molecule has 0 aromatic heterocycles. The Balaban J connectivity index is 1.47. The Labute approximate surface area is 194 Å². The minimum absolute atomic E-state index is 0.0112. The standard InChI is InChI=1S/C24H28Cl3N3/c1-16(21-6-5-19(25)14-23(21)27)29-24-13-18(4-7-22(24)26)17-8-11-30(12-9-17)20-3-2-10-28-15-20/h4-8,13-14,16,20,28-29H,2-3,9-12,15H2,1H3/t16-,20?/m1/s1. The maximum atomic E-state index is 6.51. The Morgan fingerprint density at radius 3 is 2.67 bits per heavy atom. The zero-order valence-electron chi connectivity index (χ0n) is 17.2. The van der Waals surface area contributed by atoms with Crippen molar-refractivity contribution in [3.63, 3.8) is 0 Å². The van der Waals surface area contributed by atoms with Gasteiger partial charge in [0.2, 0.25) is 0 Å². The third-order valence-corrected chi connectivity index (χ3v) is 7.06. The van der Waals surface area contributed by atoms with Crippen molar-refractivity contribution in [3.8, 4) is 0 Å². The summed E-state index contributed by atoms with van der Waals surface area (Å²) in [5.41, 5.74) is 4.55. The lowest BCUT2D eigenvalue weighted by molar-refractivity contribution is 0.182. The number of rotatable bonds is 5. The zero-order valence-corrected chi connectivity index (χ0v) is 19.5. The van der Waals surface area contributed by atoms with Crippen LogP contribution in [0, 0.1) is 0 Å². The summed E-state index contributed by atoms with van der Waals surface area (Å²) in [6, 6.07) is 12.5. The minimum Gasteiger partial charge on any atom is -0.377 e. The molecule has 2 aliphatic rings. The van der Waals surface area contributed by atoms with Gasteiger partial charge in [0.05, 0.1) is 16.8 Å². The number of anilines is 1. The number of halogens is 3. The maximum absolute atomic E-state index is 6.51. The van der Waals surface area contributed by atoms with E-state index in [9.17, 15) is 0 Å². The van der Waals surface area contributed by atoms with E-state index in [0.717, 1.165) is 43.9 Å². The first-order chi connectivity index (χ1) is 14.5. The van der Waals surface area contributed by atoms with Crippen molar-refractivity contribution < 1.29 is 0 Å². The maximum Gasteiger partial charge on any atom is 0.0638 e. The van der Waals surface area contributed by atoms with Crippen LogP contribution in [0.1, 0.15) is 43.4 Å². The molecule has 30 heavy (non-hydrogen) atoms. The first-order valence-corrected chi connectivity index (χ1v) is 11.8. The Bertz CT molecular complexity index is 922. The van der Waals surface area contributed by atoms with E-state index in [4.69, 9.17) is 34.8 Å². The van der Waals surface area contributed by atoms with Crippen molar-refractivity contribution in [1.29, 1.82) is 0 Å². The SMILES string of the molecule is C[C@@H](Nc1cc(C2=CCN(C3CCCNC3)CC2)ccc1Cl)c1ccc(Cl)cc1Cl. The van der Waals surface area contributed by atoms with Crippen molar-refractivity contribution in [2.24, 2.45) is 0 Å². The van der Waals surface area contributed by atoms with Crippen LogP contribution in [0.25, 0.3) is 5.57 Å². The molecule has 1 fully saturated rings. The third-order valence-electron chi connectivity index (χ3n) is 6.17. The van der Waals surface area contributed by atoms with Crippen molar-refractivity contribution in [1.82, 2.24) is 10.2 Å². The normalized spacial score (nSPS) is 21.2. The lowest BCUT2D eigenvalue weighted by Crippen LogP contribution is -2.47. The van der Waals surface area contributed by atoms with Gasteiger partial charge in [-0.3, -0.25) is 4.90 Å². The highest BCUT2D eigenvalue weighted by atomic mass is 35.5. The molecular weight excluding hydrogens is 437 g/mol. The molecule has 2 heterocycles. The molecule has 1 saturated heterocycles. The molecule has 0 radical (unpaired) electrons. The van der Waals surface area contributed by atoms with Crippen LogP contribution in [-0.4, -0.2) is 37.1 Å². The van der Waals surface area contributed by atoms with Gasteiger partial charge in [0.1, 0.15) is 0 Å². The van der Waals surface area contributed by atoms with Crippen LogP contribution in [0.5, 0.6) is 0 Å². The van der Waals surface area contributed by atoms with Crippen LogP contribution in [-0.2, 0) is 0 Å². The minimum atomic E-state index is 0.0112. The molecule has 0 aliphatic carbocycles. The van der Waals surface area contributed by atoms with Crippen LogP contribution in [0.2, 0.25) is 15.1 Å². The van der Waals surface area contributed by atoms with Crippen LogP contribution in [0.3, 0.4) is 0 Å². The smallest absolute Gasteiger partial charge is 0.0638 e. The fraction of sp³-hybridized carbons (Fsp3) is 0.417. The van der Waals surface area contributed by atoms with E-state index in [1.165, 1.54) is 24.0 Å². The van der Waals surface area contributed by atoms with Gasteiger partial charge in [-0.05, 0) is 73.7 Å². The number of nitrogens with one attached hydrogen (secondary N) is 2. The van der Waals surface area contributed by atoms with Gasteiger partial charge in [-0.25, -0.2) is 0 Å². The first kappa shape index (κ1) is 22.0. The molecule has 0 spiro atoms. The summed E-state index contributed by atoms with van der Waals surface area (Å²) in [6.07, 6.45) is 6.02. The van der Waals surface area contributed by atoms with E-state index in [-0.39, 0.29) is 6.04 Å². The predicted molar refractivity (Wildman–Crippen MR) is 130 cm³/mol. The topological polar surface area (TPSA) is 27.3 Å². The second kappa shape index (κ2) is 9.93. The Morgan fingerprint density at radius 2 is 1.97 bits per heavy atom. The summed E-state index contributed by atoms with van der Waals surface area (Å²) in [6.45, 7) is 6.48. The summed E-state index contributed by atoms with van der Waals surface area (Å²) in [4.78, 5) is 2.61. The fourth-order valence-corrected chi connectivity index (χ4v) is 5.17. The monoisotopic (exact) mass is 463 g/mol. The van der Waals surface area contributed by atoms with Gasteiger partial charge in [0, 0.05) is 35.7 Å². The summed E-state index contributed by atoms with van der Waals surface area (Å²) in [5, 5.41) is 9.05. The molecule has 160 valence electrons. The van der Waals surface area contributed by atoms with Crippen molar-refractivity contribution >= 4 is 46.1 Å².